The number of fused-ring (bicyclic) bond motifs is 1. The van der Waals surface area contributed by atoms with Crippen LogP contribution in [0, 0.1) is 0 Å². The molecule has 33 heavy (non-hydrogen) atoms. The van der Waals surface area contributed by atoms with Gasteiger partial charge >= 0.3 is 19.5 Å². The second kappa shape index (κ2) is 10.0. The summed E-state index contributed by atoms with van der Waals surface area (Å²) in [4.78, 5) is 23.7. The SMILES string of the molecule is CCCOC(=O)[C@H](C)NP(=O)(Oc1ccccc1)C(C)(F)c1ccc2sc(C(=O)O)cc2c1. The number of benzene rings is 2. The van der Waals surface area contributed by atoms with Gasteiger partial charge in [0, 0.05) is 10.3 Å². The van der Waals surface area contributed by atoms with Gasteiger partial charge in [0.25, 0.3) is 0 Å². The first-order valence-electron chi connectivity index (χ1n) is 10.3. The van der Waals surface area contributed by atoms with Gasteiger partial charge in [-0.05, 0) is 56.0 Å². The zero-order valence-corrected chi connectivity index (χ0v) is 20.1. The van der Waals surface area contributed by atoms with Gasteiger partial charge in [0.15, 0.2) is 0 Å². The number of halogens is 1. The van der Waals surface area contributed by atoms with Crippen LogP contribution in [0.4, 0.5) is 4.39 Å². The Bertz CT molecular complexity index is 1200. The number of carbonyl (C=O) groups is 2. The number of hydrogen-bond donors (Lipinski definition) is 2. The maximum Gasteiger partial charge on any atom is 0.358 e. The molecular formula is C23H25FNO6PS. The second-order valence-electron chi connectivity index (χ2n) is 7.60. The number of carboxylic acids is 1. The highest BCUT2D eigenvalue weighted by Crippen LogP contribution is 2.62. The van der Waals surface area contributed by atoms with Crippen LogP contribution in [0.2, 0.25) is 0 Å². The summed E-state index contributed by atoms with van der Waals surface area (Å²) in [6.07, 6.45) is 0.608. The van der Waals surface area contributed by atoms with E-state index in [1.165, 1.54) is 37.3 Å². The molecule has 2 aromatic carbocycles. The van der Waals surface area contributed by atoms with E-state index in [9.17, 15) is 19.3 Å². The quantitative estimate of drug-likeness (QED) is 0.266. The largest absolute Gasteiger partial charge is 0.477 e. The summed E-state index contributed by atoms with van der Waals surface area (Å²) in [7, 11) is -4.43. The third-order valence-corrected chi connectivity index (χ3v) is 8.61. The zero-order valence-electron chi connectivity index (χ0n) is 18.4. The molecule has 3 aromatic rings. The number of aromatic carboxylic acids is 1. The van der Waals surface area contributed by atoms with Crippen molar-refractivity contribution in [1.29, 1.82) is 0 Å². The zero-order chi connectivity index (χ0) is 24.2. The number of para-hydroxylation sites is 1. The van der Waals surface area contributed by atoms with E-state index in [2.05, 4.69) is 5.09 Å². The maximum absolute atomic E-state index is 16.4. The van der Waals surface area contributed by atoms with Gasteiger partial charge in [-0.15, -0.1) is 11.3 Å². The first kappa shape index (κ1) is 24.9. The van der Waals surface area contributed by atoms with Gasteiger partial charge in [-0.1, -0.05) is 31.2 Å². The fourth-order valence-corrected chi connectivity index (χ4v) is 5.96. The lowest BCUT2D eigenvalue weighted by atomic mass is 10.1. The molecule has 0 saturated carbocycles. The van der Waals surface area contributed by atoms with E-state index in [0.29, 0.717) is 16.5 Å². The van der Waals surface area contributed by atoms with Crippen molar-refractivity contribution in [3.05, 3.63) is 65.0 Å². The minimum absolute atomic E-state index is 0.0191. The fourth-order valence-electron chi connectivity index (χ4n) is 3.10. The predicted molar refractivity (Wildman–Crippen MR) is 126 cm³/mol. The van der Waals surface area contributed by atoms with E-state index in [1.807, 2.05) is 6.92 Å². The maximum atomic E-state index is 16.4. The van der Waals surface area contributed by atoms with Crippen molar-refractivity contribution in [2.24, 2.45) is 0 Å². The minimum Gasteiger partial charge on any atom is -0.477 e. The lowest BCUT2D eigenvalue weighted by Gasteiger charge is -2.33. The third-order valence-electron chi connectivity index (χ3n) is 4.95. The van der Waals surface area contributed by atoms with Gasteiger partial charge < -0.3 is 14.4 Å². The summed E-state index contributed by atoms with van der Waals surface area (Å²) < 4.78 is 41.9. The molecule has 3 atom stereocenters. The third kappa shape index (κ3) is 5.43. The molecule has 1 aromatic heterocycles. The van der Waals surface area contributed by atoms with Gasteiger partial charge in [0.1, 0.15) is 16.7 Å². The van der Waals surface area contributed by atoms with Crippen LogP contribution >= 0.6 is 18.9 Å². The molecule has 0 radical (unpaired) electrons. The molecule has 1 heterocycles. The number of ether oxygens (including phenoxy) is 1. The Hall–Kier alpha value is -2.74. The normalized spacial score (nSPS) is 15.9. The van der Waals surface area contributed by atoms with Crippen molar-refractivity contribution >= 4 is 40.9 Å². The van der Waals surface area contributed by atoms with Crippen LogP contribution in [0.5, 0.6) is 5.75 Å². The second-order valence-corrected chi connectivity index (χ2v) is 11.1. The average molecular weight is 493 g/mol. The lowest BCUT2D eigenvalue weighted by molar-refractivity contribution is -0.145. The van der Waals surface area contributed by atoms with E-state index in [1.54, 1.807) is 24.3 Å². The van der Waals surface area contributed by atoms with Crippen LogP contribution in [-0.4, -0.2) is 29.7 Å². The van der Waals surface area contributed by atoms with Crippen molar-refractivity contribution < 1.29 is 32.9 Å². The number of esters is 1. The molecule has 176 valence electrons. The highest BCUT2D eigenvalue weighted by Gasteiger charge is 2.51. The van der Waals surface area contributed by atoms with Crippen molar-refractivity contribution in [3.63, 3.8) is 0 Å². The van der Waals surface area contributed by atoms with Gasteiger partial charge in [-0.2, -0.15) is 0 Å². The molecule has 0 spiro atoms. The van der Waals surface area contributed by atoms with Crippen LogP contribution in [0.1, 0.15) is 42.4 Å². The highest BCUT2D eigenvalue weighted by atomic mass is 32.1. The Kier molecular flexibility index (Phi) is 7.57. The number of hydrogen-bond acceptors (Lipinski definition) is 6. The predicted octanol–water partition coefficient (Wildman–Crippen LogP) is 5.95. The van der Waals surface area contributed by atoms with Gasteiger partial charge in [-0.3, -0.25) is 9.36 Å². The number of carbonyl (C=O) groups excluding carboxylic acids is 1. The summed E-state index contributed by atoms with van der Waals surface area (Å²) in [6, 6.07) is 12.9. The van der Waals surface area contributed by atoms with Crippen molar-refractivity contribution in [2.45, 2.75) is 38.6 Å². The number of rotatable bonds is 10. The molecule has 0 amide bonds. The molecular weight excluding hydrogens is 468 g/mol. The molecule has 0 aliphatic heterocycles. The molecule has 0 fully saturated rings. The molecule has 2 unspecified atom stereocenters. The molecule has 0 saturated heterocycles. The van der Waals surface area contributed by atoms with Gasteiger partial charge in [-0.25, -0.2) is 14.3 Å². The van der Waals surface area contributed by atoms with Crippen LogP contribution in [0.3, 0.4) is 0 Å². The Morgan fingerprint density at radius 3 is 2.55 bits per heavy atom. The van der Waals surface area contributed by atoms with Crippen molar-refractivity contribution in [1.82, 2.24) is 5.09 Å². The smallest absolute Gasteiger partial charge is 0.358 e. The fraction of sp³-hybridized carbons (Fsp3) is 0.304. The van der Waals surface area contributed by atoms with E-state index in [-0.39, 0.29) is 22.8 Å². The summed E-state index contributed by atoms with van der Waals surface area (Å²) in [5.41, 5.74) is 0.0191. The molecule has 0 aliphatic carbocycles. The average Bonchev–Trinajstić information content (AvgIpc) is 3.21. The molecule has 0 bridgehead atoms. The molecule has 2 N–H and O–H groups in total. The Labute approximate surface area is 195 Å². The van der Waals surface area contributed by atoms with E-state index >= 15 is 4.39 Å². The van der Waals surface area contributed by atoms with Crippen molar-refractivity contribution in [3.8, 4) is 5.75 Å². The summed E-state index contributed by atoms with van der Waals surface area (Å²) >= 11 is 1.06. The Morgan fingerprint density at radius 2 is 1.91 bits per heavy atom. The topological polar surface area (TPSA) is 102 Å². The summed E-state index contributed by atoms with van der Waals surface area (Å²) in [5, 5.41) is 9.72. The summed E-state index contributed by atoms with van der Waals surface area (Å²) in [5.74, 6) is -1.60. The molecule has 10 heteroatoms. The van der Waals surface area contributed by atoms with E-state index in [0.717, 1.165) is 18.3 Å². The first-order chi connectivity index (χ1) is 15.6. The number of alkyl halides is 1. The van der Waals surface area contributed by atoms with Crippen LogP contribution in [-0.2, 0) is 19.5 Å². The number of nitrogens with one attached hydrogen (secondary N) is 1. The summed E-state index contributed by atoms with van der Waals surface area (Å²) in [6.45, 7) is 4.56. The highest BCUT2D eigenvalue weighted by molar-refractivity contribution is 7.58. The number of thiophene rings is 1. The first-order valence-corrected chi connectivity index (χ1v) is 12.8. The standard InChI is InChI=1S/C23H25FNO6PS/c1-4-12-30-22(28)15(2)25-32(29,31-18-8-6-5-7-9-18)23(3,24)17-10-11-19-16(13-17)14-20(33-19)21(26)27/h5-11,13-15H,4,12H2,1-3H3,(H,25,29)(H,26,27)/t15-,23?,32?/m0/s1. The Morgan fingerprint density at radius 1 is 1.21 bits per heavy atom. The van der Waals surface area contributed by atoms with E-state index in [4.69, 9.17) is 9.26 Å². The van der Waals surface area contributed by atoms with Gasteiger partial charge in [0.2, 0.25) is 5.41 Å². The molecule has 3 rings (SSSR count). The number of carboxylic acid groups (broad SMARTS) is 1. The molecule has 0 aliphatic rings. The minimum atomic E-state index is -4.43. The van der Waals surface area contributed by atoms with E-state index < -0.39 is 30.9 Å². The van der Waals surface area contributed by atoms with Crippen LogP contribution in [0.25, 0.3) is 10.1 Å². The van der Waals surface area contributed by atoms with Crippen LogP contribution in [0.15, 0.2) is 54.6 Å². The monoisotopic (exact) mass is 493 g/mol. The molecule has 7 nitrogen and oxygen atoms in total. The van der Waals surface area contributed by atoms with Crippen molar-refractivity contribution in [2.75, 3.05) is 6.61 Å². The van der Waals surface area contributed by atoms with Crippen LogP contribution < -0.4 is 9.61 Å². The Balaban J connectivity index is 2.02. The lowest BCUT2D eigenvalue weighted by Crippen LogP contribution is -2.39. The van der Waals surface area contributed by atoms with Gasteiger partial charge in [0.05, 0.1) is 6.61 Å².